The Labute approximate surface area is 150 Å². The van der Waals surface area contributed by atoms with Gasteiger partial charge in [-0.25, -0.2) is 0 Å². The molecule has 0 bridgehead atoms. The third-order valence-corrected chi connectivity index (χ3v) is 4.32. The lowest BCUT2D eigenvalue weighted by molar-refractivity contribution is -0.905. The average molecular weight is 355 g/mol. The number of carbonyl (C=O) groups excluding carboxylic acids is 2. The molecule has 1 heterocycles. The minimum Gasteiger partial charge on any atom is -1.00 e. The topological polar surface area (TPSA) is 59.8 Å². The van der Waals surface area contributed by atoms with Gasteiger partial charge in [-0.15, -0.1) is 0 Å². The molecule has 2 N–H and O–H groups in total. The van der Waals surface area contributed by atoms with Crippen LogP contribution in [0.1, 0.15) is 31.7 Å². The van der Waals surface area contributed by atoms with E-state index in [0.717, 1.165) is 43.7 Å². The Bertz CT molecular complexity index is 543. The molecule has 0 aromatic heterocycles. The molecule has 1 aliphatic heterocycles. The lowest BCUT2D eigenvalue weighted by Gasteiger charge is -2.27. The molecule has 1 aromatic carbocycles. The number of amides is 1. The van der Waals surface area contributed by atoms with Crippen LogP contribution in [0.2, 0.25) is 0 Å². The van der Waals surface area contributed by atoms with Gasteiger partial charge in [-0.1, -0.05) is 12.1 Å². The normalized spacial score (nSPS) is 19.9. The molecule has 0 unspecified atom stereocenters. The van der Waals surface area contributed by atoms with Gasteiger partial charge in [-0.3, -0.25) is 9.59 Å². The molecular weight excluding hydrogens is 328 g/mol. The van der Waals surface area contributed by atoms with Crippen LogP contribution in [-0.2, 0) is 14.3 Å². The van der Waals surface area contributed by atoms with E-state index in [0.29, 0.717) is 13.0 Å². The van der Waals surface area contributed by atoms with Crippen molar-refractivity contribution in [2.75, 3.05) is 31.6 Å². The van der Waals surface area contributed by atoms with Gasteiger partial charge in [-0.2, -0.15) is 0 Å². The third kappa shape index (κ3) is 6.49. The first kappa shape index (κ1) is 20.5. The minimum absolute atomic E-state index is 0. The van der Waals surface area contributed by atoms with Crippen LogP contribution in [0.5, 0.6) is 0 Å². The SMILES string of the molecule is CCOC(=O)C1CC[NH+](CCC(=O)Nc2cccc(C)c2)CC1.[Cl-]. The first-order valence-corrected chi connectivity index (χ1v) is 8.45. The van der Waals surface area contributed by atoms with Crippen molar-refractivity contribution in [3.05, 3.63) is 29.8 Å². The molecule has 6 heteroatoms. The summed E-state index contributed by atoms with van der Waals surface area (Å²) in [4.78, 5) is 25.1. The summed E-state index contributed by atoms with van der Waals surface area (Å²) < 4.78 is 5.08. The molecule has 2 rings (SSSR count). The Kier molecular flexibility index (Phi) is 8.79. The summed E-state index contributed by atoms with van der Waals surface area (Å²) in [7, 11) is 0. The van der Waals surface area contributed by atoms with Gasteiger partial charge < -0.3 is 27.4 Å². The number of hydrogen-bond acceptors (Lipinski definition) is 3. The summed E-state index contributed by atoms with van der Waals surface area (Å²) in [6.07, 6.45) is 2.22. The van der Waals surface area contributed by atoms with E-state index in [9.17, 15) is 9.59 Å². The number of likely N-dealkylation sites (tertiary alicyclic amines) is 1. The first-order valence-electron chi connectivity index (χ1n) is 8.45. The van der Waals surface area contributed by atoms with Gasteiger partial charge in [0.1, 0.15) is 0 Å². The molecule has 134 valence electrons. The highest BCUT2D eigenvalue weighted by atomic mass is 35.5. The lowest BCUT2D eigenvalue weighted by atomic mass is 9.97. The maximum absolute atomic E-state index is 12.0. The second-order valence-electron chi connectivity index (χ2n) is 6.19. The number of anilines is 1. The number of rotatable bonds is 6. The molecule has 0 atom stereocenters. The van der Waals surface area contributed by atoms with Crippen LogP contribution in [0, 0.1) is 12.8 Å². The smallest absolute Gasteiger partial charge is 0.309 e. The monoisotopic (exact) mass is 354 g/mol. The summed E-state index contributed by atoms with van der Waals surface area (Å²) >= 11 is 0. The van der Waals surface area contributed by atoms with E-state index < -0.39 is 0 Å². The number of carbonyl (C=O) groups is 2. The summed E-state index contributed by atoms with van der Waals surface area (Å²) in [5.74, 6) is 0.0270. The quantitative estimate of drug-likeness (QED) is 0.592. The van der Waals surface area contributed by atoms with Crippen molar-refractivity contribution >= 4 is 17.6 Å². The molecule has 1 amide bonds. The Balaban J connectivity index is 0.00000288. The van der Waals surface area contributed by atoms with Gasteiger partial charge in [0, 0.05) is 18.5 Å². The van der Waals surface area contributed by atoms with E-state index in [-0.39, 0.29) is 30.2 Å². The molecular formula is C18H27ClN2O3. The van der Waals surface area contributed by atoms with Crippen molar-refractivity contribution in [1.29, 1.82) is 0 Å². The van der Waals surface area contributed by atoms with Gasteiger partial charge >= 0.3 is 5.97 Å². The second-order valence-corrected chi connectivity index (χ2v) is 6.19. The zero-order chi connectivity index (χ0) is 16.7. The van der Waals surface area contributed by atoms with Crippen LogP contribution in [-0.4, -0.2) is 38.1 Å². The largest absolute Gasteiger partial charge is 1.00 e. The highest BCUT2D eigenvalue weighted by molar-refractivity contribution is 5.90. The molecule has 5 nitrogen and oxygen atoms in total. The Morgan fingerprint density at radius 3 is 2.62 bits per heavy atom. The lowest BCUT2D eigenvalue weighted by Crippen LogP contribution is -3.13. The predicted molar refractivity (Wildman–Crippen MR) is 89.3 cm³/mol. The number of nitrogens with one attached hydrogen (secondary N) is 2. The van der Waals surface area contributed by atoms with Crippen LogP contribution in [0.15, 0.2) is 24.3 Å². The zero-order valence-corrected chi connectivity index (χ0v) is 15.2. The van der Waals surface area contributed by atoms with Crippen molar-refractivity contribution in [3.63, 3.8) is 0 Å². The zero-order valence-electron chi connectivity index (χ0n) is 14.4. The number of hydrogen-bond donors (Lipinski definition) is 2. The van der Waals surface area contributed by atoms with E-state index in [1.807, 2.05) is 38.1 Å². The summed E-state index contributed by atoms with van der Waals surface area (Å²) in [6.45, 7) is 6.97. The van der Waals surface area contributed by atoms with Gasteiger partial charge in [-0.05, 0) is 31.5 Å². The summed E-state index contributed by atoms with van der Waals surface area (Å²) in [5, 5.41) is 2.94. The number of esters is 1. The number of quaternary nitrogens is 1. The first-order chi connectivity index (χ1) is 11.1. The second kappa shape index (κ2) is 10.3. The number of halogens is 1. The molecule has 0 radical (unpaired) electrons. The maximum Gasteiger partial charge on any atom is 0.309 e. The van der Waals surface area contributed by atoms with E-state index >= 15 is 0 Å². The van der Waals surface area contributed by atoms with Gasteiger partial charge in [0.25, 0.3) is 0 Å². The van der Waals surface area contributed by atoms with E-state index in [1.54, 1.807) is 0 Å². The van der Waals surface area contributed by atoms with Crippen molar-refractivity contribution in [3.8, 4) is 0 Å². The molecule has 0 spiro atoms. The molecule has 1 fully saturated rings. The standard InChI is InChI=1S/C18H26N2O3.ClH/c1-3-23-18(22)15-7-10-20(11-8-15)12-9-17(21)19-16-6-4-5-14(2)13-16;/h4-6,13,15H,3,7-12H2,1-2H3,(H,19,21);1H. The van der Waals surface area contributed by atoms with Crippen LogP contribution in [0.4, 0.5) is 5.69 Å². The Morgan fingerprint density at radius 1 is 1.29 bits per heavy atom. The van der Waals surface area contributed by atoms with Crippen molar-refractivity contribution in [1.82, 2.24) is 0 Å². The number of benzene rings is 1. The Hall–Kier alpha value is -1.59. The highest BCUT2D eigenvalue weighted by Gasteiger charge is 2.28. The Morgan fingerprint density at radius 2 is 2.00 bits per heavy atom. The van der Waals surface area contributed by atoms with E-state index in [4.69, 9.17) is 4.74 Å². The van der Waals surface area contributed by atoms with E-state index in [1.165, 1.54) is 4.90 Å². The molecule has 0 aliphatic carbocycles. The van der Waals surface area contributed by atoms with Crippen molar-refractivity contribution < 1.29 is 31.6 Å². The summed E-state index contributed by atoms with van der Waals surface area (Å²) in [6, 6.07) is 7.82. The summed E-state index contributed by atoms with van der Waals surface area (Å²) in [5.41, 5.74) is 1.99. The molecule has 1 aliphatic rings. The fraction of sp³-hybridized carbons (Fsp3) is 0.556. The third-order valence-electron chi connectivity index (χ3n) is 4.32. The van der Waals surface area contributed by atoms with Gasteiger partial charge in [0.2, 0.25) is 5.91 Å². The maximum atomic E-state index is 12.0. The van der Waals surface area contributed by atoms with E-state index in [2.05, 4.69) is 5.32 Å². The van der Waals surface area contributed by atoms with Crippen molar-refractivity contribution in [2.45, 2.75) is 33.1 Å². The molecule has 1 aromatic rings. The number of ether oxygens (including phenoxy) is 1. The molecule has 1 saturated heterocycles. The fourth-order valence-electron chi connectivity index (χ4n) is 3.01. The minimum atomic E-state index is -0.0660. The molecule has 0 saturated carbocycles. The number of piperidine rings is 1. The van der Waals surface area contributed by atoms with Crippen molar-refractivity contribution in [2.24, 2.45) is 5.92 Å². The van der Waals surface area contributed by atoms with Crippen LogP contribution in [0.25, 0.3) is 0 Å². The average Bonchev–Trinajstić information content (AvgIpc) is 2.54. The molecule has 24 heavy (non-hydrogen) atoms. The van der Waals surface area contributed by atoms with Crippen LogP contribution >= 0.6 is 0 Å². The van der Waals surface area contributed by atoms with Gasteiger partial charge in [0.05, 0.1) is 38.6 Å². The number of aryl methyl sites for hydroxylation is 1. The van der Waals surface area contributed by atoms with Gasteiger partial charge in [0.15, 0.2) is 0 Å². The van der Waals surface area contributed by atoms with Crippen LogP contribution in [0.3, 0.4) is 0 Å². The predicted octanol–water partition coefficient (Wildman–Crippen LogP) is -1.81. The van der Waals surface area contributed by atoms with Crippen LogP contribution < -0.4 is 22.6 Å². The fourth-order valence-corrected chi connectivity index (χ4v) is 3.01. The highest BCUT2D eigenvalue weighted by Crippen LogP contribution is 2.12.